The minimum atomic E-state index is 0.0824. The summed E-state index contributed by atoms with van der Waals surface area (Å²) in [7, 11) is 0. The van der Waals surface area contributed by atoms with E-state index in [-0.39, 0.29) is 12.1 Å². The second kappa shape index (κ2) is 9.50. The number of ether oxygens (including phenoxy) is 1. The number of carbonyl (C=O) groups excluding carboxylic acids is 1. The van der Waals surface area contributed by atoms with Crippen LogP contribution in [0.1, 0.15) is 40.5 Å². The molecule has 20 heavy (non-hydrogen) atoms. The number of urea groups is 1. The Morgan fingerprint density at radius 2 is 2.20 bits per heavy atom. The third-order valence-electron chi connectivity index (χ3n) is 3.78. The van der Waals surface area contributed by atoms with Gasteiger partial charge in [-0.05, 0) is 38.4 Å². The molecule has 1 fully saturated rings. The van der Waals surface area contributed by atoms with Gasteiger partial charge in [0.05, 0.1) is 6.10 Å². The quantitative estimate of drug-likeness (QED) is 0.820. The van der Waals surface area contributed by atoms with Gasteiger partial charge in [0, 0.05) is 31.5 Å². The van der Waals surface area contributed by atoms with Crippen LogP contribution in [0.15, 0.2) is 0 Å². The number of hydrogen-bond donors (Lipinski definition) is 1. The van der Waals surface area contributed by atoms with Crippen LogP contribution in [-0.4, -0.2) is 54.3 Å². The molecule has 0 radical (unpaired) electrons. The molecule has 0 aromatic rings. The van der Waals surface area contributed by atoms with E-state index in [2.05, 4.69) is 26.1 Å². The molecule has 1 heterocycles. The molecule has 4 nitrogen and oxygen atoms in total. The van der Waals surface area contributed by atoms with Crippen molar-refractivity contribution in [2.75, 3.05) is 31.2 Å². The van der Waals surface area contributed by atoms with Crippen LogP contribution in [0.4, 0.5) is 4.79 Å². The summed E-state index contributed by atoms with van der Waals surface area (Å²) < 4.78 is 5.70. The molecule has 0 bridgehead atoms. The highest BCUT2D eigenvalue weighted by Gasteiger charge is 2.22. The van der Waals surface area contributed by atoms with Crippen LogP contribution < -0.4 is 5.32 Å². The Hall–Kier alpha value is -0.420. The zero-order valence-electron chi connectivity index (χ0n) is 13.4. The minimum Gasteiger partial charge on any atom is -0.378 e. The Labute approximate surface area is 128 Å². The largest absolute Gasteiger partial charge is 0.378 e. The third-order valence-corrected chi connectivity index (χ3v) is 4.77. The van der Waals surface area contributed by atoms with Crippen LogP contribution in [0.25, 0.3) is 0 Å². The summed E-state index contributed by atoms with van der Waals surface area (Å²) in [4.78, 5) is 14.2. The standard InChI is InChI=1S/C15H30N2O2S/c1-5-19-14(12(2)3)6-8-16-15(18)17-9-11-20-10-7-13(17)4/h12-14H,5-11H2,1-4H3,(H,16,18). The molecule has 1 N–H and O–H groups in total. The zero-order chi connectivity index (χ0) is 15.0. The van der Waals surface area contributed by atoms with Crippen molar-refractivity contribution >= 4 is 17.8 Å². The normalized spacial score (nSPS) is 21.6. The van der Waals surface area contributed by atoms with Gasteiger partial charge in [-0.3, -0.25) is 0 Å². The Morgan fingerprint density at radius 1 is 1.45 bits per heavy atom. The van der Waals surface area contributed by atoms with Crippen molar-refractivity contribution in [3.8, 4) is 0 Å². The highest BCUT2D eigenvalue weighted by Crippen LogP contribution is 2.16. The molecule has 118 valence electrons. The Morgan fingerprint density at radius 3 is 2.85 bits per heavy atom. The van der Waals surface area contributed by atoms with E-state index in [9.17, 15) is 4.79 Å². The number of rotatable bonds is 6. The van der Waals surface area contributed by atoms with E-state index in [1.165, 1.54) is 0 Å². The average molecular weight is 302 g/mol. The van der Waals surface area contributed by atoms with Gasteiger partial charge >= 0.3 is 6.03 Å². The van der Waals surface area contributed by atoms with Gasteiger partial charge in [0.2, 0.25) is 0 Å². The van der Waals surface area contributed by atoms with E-state index in [1.54, 1.807) is 0 Å². The highest BCUT2D eigenvalue weighted by atomic mass is 32.2. The molecular weight excluding hydrogens is 272 g/mol. The van der Waals surface area contributed by atoms with Gasteiger partial charge in [-0.15, -0.1) is 0 Å². The van der Waals surface area contributed by atoms with Crippen LogP contribution in [0.5, 0.6) is 0 Å². The maximum Gasteiger partial charge on any atom is 0.317 e. The Kier molecular flexibility index (Phi) is 8.38. The first kappa shape index (κ1) is 17.6. The molecule has 1 aliphatic rings. The number of amides is 2. The van der Waals surface area contributed by atoms with Crippen LogP contribution >= 0.6 is 11.8 Å². The number of hydrogen-bond acceptors (Lipinski definition) is 3. The van der Waals surface area contributed by atoms with E-state index in [1.807, 2.05) is 23.6 Å². The van der Waals surface area contributed by atoms with E-state index < -0.39 is 0 Å². The summed E-state index contributed by atoms with van der Waals surface area (Å²) in [5, 5.41) is 3.05. The van der Waals surface area contributed by atoms with Crippen molar-refractivity contribution in [3.05, 3.63) is 0 Å². The van der Waals surface area contributed by atoms with Gasteiger partial charge in [0.15, 0.2) is 0 Å². The lowest BCUT2D eigenvalue weighted by Crippen LogP contribution is -2.46. The molecule has 0 aliphatic carbocycles. The maximum absolute atomic E-state index is 12.2. The lowest BCUT2D eigenvalue weighted by Gasteiger charge is -2.28. The van der Waals surface area contributed by atoms with Gasteiger partial charge in [-0.25, -0.2) is 4.79 Å². The third kappa shape index (κ3) is 5.92. The van der Waals surface area contributed by atoms with Crippen molar-refractivity contribution in [2.45, 2.75) is 52.7 Å². The first-order valence-corrected chi connectivity index (χ1v) is 8.95. The zero-order valence-corrected chi connectivity index (χ0v) is 14.2. The summed E-state index contributed by atoms with van der Waals surface area (Å²) in [6, 6.07) is 0.428. The maximum atomic E-state index is 12.2. The van der Waals surface area contributed by atoms with E-state index in [0.29, 0.717) is 18.5 Å². The molecule has 1 aliphatic heterocycles. The van der Waals surface area contributed by atoms with E-state index >= 15 is 0 Å². The van der Waals surface area contributed by atoms with Crippen molar-refractivity contribution in [3.63, 3.8) is 0 Å². The summed E-state index contributed by atoms with van der Waals surface area (Å²) in [6.45, 7) is 10.8. The van der Waals surface area contributed by atoms with Crippen molar-refractivity contribution < 1.29 is 9.53 Å². The van der Waals surface area contributed by atoms with Gasteiger partial charge in [-0.2, -0.15) is 11.8 Å². The Bertz CT molecular complexity index is 287. The fraction of sp³-hybridized carbons (Fsp3) is 0.933. The van der Waals surface area contributed by atoms with E-state index in [4.69, 9.17) is 4.74 Å². The molecule has 2 amide bonds. The minimum absolute atomic E-state index is 0.0824. The summed E-state index contributed by atoms with van der Waals surface area (Å²) >= 11 is 1.94. The smallest absolute Gasteiger partial charge is 0.317 e. The average Bonchev–Trinajstić information content (AvgIpc) is 2.62. The van der Waals surface area contributed by atoms with Crippen LogP contribution in [0.3, 0.4) is 0 Å². The Balaban J connectivity index is 2.34. The summed E-state index contributed by atoms with van der Waals surface area (Å²) in [5.74, 6) is 2.69. The molecule has 0 aromatic carbocycles. The predicted molar refractivity (Wildman–Crippen MR) is 86.4 cm³/mol. The van der Waals surface area contributed by atoms with Crippen LogP contribution in [0, 0.1) is 5.92 Å². The highest BCUT2D eigenvalue weighted by molar-refractivity contribution is 7.99. The number of carbonyl (C=O) groups is 1. The van der Waals surface area contributed by atoms with Crippen molar-refractivity contribution in [2.24, 2.45) is 5.92 Å². The molecule has 0 spiro atoms. The second-order valence-corrected chi connectivity index (χ2v) is 6.93. The first-order chi connectivity index (χ1) is 9.56. The SMILES string of the molecule is CCOC(CCNC(=O)N1CCSCCC1C)C(C)C. The molecule has 1 rings (SSSR count). The lowest BCUT2D eigenvalue weighted by molar-refractivity contribution is 0.0253. The molecule has 2 atom stereocenters. The second-order valence-electron chi connectivity index (χ2n) is 5.70. The molecule has 0 aromatic heterocycles. The molecule has 2 unspecified atom stereocenters. The van der Waals surface area contributed by atoms with E-state index in [0.717, 1.165) is 37.5 Å². The molecule has 5 heteroatoms. The lowest BCUT2D eigenvalue weighted by atomic mass is 10.0. The van der Waals surface area contributed by atoms with Gasteiger partial charge in [-0.1, -0.05) is 13.8 Å². The number of thioether (sulfide) groups is 1. The van der Waals surface area contributed by atoms with Gasteiger partial charge in [0.25, 0.3) is 0 Å². The van der Waals surface area contributed by atoms with Gasteiger partial charge < -0.3 is 15.0 Å². The van der Waals surface area contributed by atoms with Crippen LogP contribution in [0.2, 0.25) is 0 Å². The van der Waals surface area contributed by atoms with Gasteiger partial charge in [0.1, 0.15) is 0 Å². The molecule has 1 saturated heterocycles. The fourth-order valence-electron chi connectivity index (χ4n) is 2.44. The first-order valence-electron chi connectivity index (χ1n) is 7.80. The predicted octanol–water partition coefficient (Wildman–Crippen LogP) is 2.97. The molecular formula is C15H30N2O2S. The van der Waals surface area contributed by atoms with Crippen molar-refractivity contribution in [1.82, 2.24) is 10.2 Å². The number of nitrogens with one attached hydrogen (secondary N) is 1. The fourth-order valence-corrected chi connectivity index (χ4v) is 3.48. The summed E-state index contributed by atoms with van der Waals surface area (Å²) in [6.07, 6.45) is 2.21. The topological polar surface area (TPSA) is 41.6 Å². The van der Waals surface area contributed by atoms with Crippen molar-refractivity contribution in [1.29, 1.82) is 0 Å². The monoisotopic (exact) mass is 302 g/mol. The number of nitrogens with zero attached hydrogens (tertiary/aromatic N) is 1. The molecule has 0 saturated carbocycles. The van der Waals surface area contributed by atoms with Crippen LogP contribution in [-0.2, 0) is 4.74 Å². The summed E-state index contributed by atoms with van der Waals surface area (Å²) in [5.41, 5.74) is 0.